The van der Waals surface area contributed by atoms with E-state index in [1.54, 1.807) is 7.11 Å². The standard InChI is InChI=1S/C17H34O2/c1-5-6-7-15-8-10-17(14-18,11-9-15)13-12-16(2,3)19-4/h15,18H,5-14H2,1-4H3. The first kappa shape index (κ1) is 17.0. The summed E-state index contributed by atoms with van der Waals surface area (Å²) in [6.07, 6.45) is 11.3. The summed E-state index contributed by atoms with van der Waals surface area (Å²) in [5, 5.41) is 9.83. The molecule has 0 aromatic rings. The summed E-state index contributed by atoms with van der Waals surface area (Å²) >= 11 is 0. The quantitative estimate of drug-likeness (QED) is 0.701. The van der Waals surface area contributed by atoms with Crippen LogP contribution in [0.15, 0.2) is 0 Å². The van der Waals surface area contributed by atoms with Crippen LogP contribution in [0.2, 0.25) is 0 Å². The van der Waals surface area contributed by atoms with Gasteiger partial charge in [0, 0.05) is 13.7 Å². The number of hydrogen-bond donors (Lipinski definition) is 1. The highest BCUT2D eigenvalue weighted by Gasteiger charge is 2.35. The van der Waals surface area contributed by atoms with Crippen molar-refractivity contribution < 1.29 is 9.84 Å². The van der Waals surface area contributed by atoms with Crippen molar-refractivity contribution in [1.82, 2.24) is 0 Å². The molecule has 0 saturated heterocycles. The minimum Gasteiger partial charge on any atom is -0.396 e. The molecule has 0 unspecified atom stereocenters. The zero-order chi connectivity index (χ0) is 14.4. The molecule has 2 heteroatoms. The van der Waals surface area contributed by atoms with E-state index in [1.807, 2.05) is 0 Å². The maximum atomic E-state index is 9.83. The minimum absolute atomic E-state index is 0.0543. The normalized spacial score (nSPS) is 28.6. The molecule has 114 valence electrons. The van der Waals surface area contributed by atoms with Crippen molar-refractivity contribution in [3.63, 3.8) is 0 Å². The largest absolute Gasteiger partial charge is 0.396 e. The molecule has 19 heavy (non-hydrogen) atoms. The topological polar surface area (TPSA) is 29.5 Å². The first-order valence-corrected chi connectivity index (χ1v) is 8.13. The highest BCUT2D eigenvalue weighted by Crippen LogP contribution is 2.44. The second-order valence-corrected chi connectivity index (χ2v) is 7.21. The van der Waals surface area contributed by atoms with Crippen LogP contribution in [0.25, 0.3) is 0 Å². The molecular weight excluding hydrogens is 236 g/mol. The average molecular weight is 270 g/mol. The van der Waals surface area contributed by atoms with Gasteiger partial charge >= 0.3 is 0 Å². The van der Waals surface area contributed by atoms with Crippen LogP contribution in [-0.2, 0) is 4.74 Å². The third kappa shape index (κ3) is 5.43. The Labute approximate surface area is 119 Å². The Morgan fingerprint density at radius 2 is 1.89 bits per heavy atom. The number of hydrogen-bond acceptors (Lipinski definition) is 2. The fraction of sp³-hybridized carbons (Fsp3) is 1.00. The lowest BCUT2D eigenvalue weighted by atomic mass is 9.67. The fourth-order valence-corrected chi connectivity index (χ4v) is 3.23. The maximum Gasteiger partial charge on any atom is 0.0623 e. The molecule has 2 nitrogen and oxygen atoms in total. The molecule has 0 spiro atoms. The van der Waals surface area contributed by atoms with Crippen molar-refractivity contribution in [2.24, 2.45) is 11.3 Å². The van der Waals surface area contributed by atoms with Crippen molar-refractivity contribution in [2.45, 2.75) is 84.2 Å². The summed E-state index contributed by atoms with van der Waals surface area (Å²) in [6.45, 7) is 6.91. The summed E-state index contributed by atoms with van der Waals surface area (Å²) in [7, 11) is 1.78. The van der Waals surface area contributed by atoms with Crippen molar-refractivity contribution in [3.8, 4) is 0 Å². The maximum absolute atomic E-state index is 9.83. The molecule has 1 saturated carbocycles. The van der Waals surface area contributed by atoms with Gasteiger partial charge in [-0.25, -0.2) is 0 Å². The highest BCUT2D eigenvalue weighted by molar-refractivity contribution is 4.87. The van der Waals surface area contributed by atoms with Crippen LogP contribution in [0.4, 0.5) is 0 Å². The van der Waals surface area contributed by atoms with E-state index in [0.29, 0.717) is 6.61 Å². The first-order chi connectivity index (χ1) is 8.97. The van der Waals surface area contributed by atoms with Crippen LogP contribution in [-0.4, -0.2) is 24.4 Å². The summed E-state index contributed by atoms with van der Waals surface area (Å²) in [5.74, 6) is 0.912. The number of aliphatic hydroxyl groups is 1. The molecular formula is C17H34O2. The zero-order valence-electron chi connectivity index (χ0n) is 13.5. The van der Waals surface area contributed by atoms with Gasteiger partial charge in [0.15, 0.2) is 0 Å². The van der Waals surface area contributed by atoms with Crippen molar-refractivity contribution >= 4 is 0 Å². The van der Waals surface area contributed by atoms with Crippen LogP contribution in [0, 0.1) is 11.3 Å². The Hall–Kier alpha value is -0.0800. The smallest absolute Gasteiger partial charge is 0.0623 e. The van der Waals surface area contributed by atoms with Crippen LogP contribution in [0.5, 0.6) is 0 Å². The lowest BCUT2D eigenvalue weighted by molar-refractivity contribution is -0.0152. The van der Waals surface area contributed by atoms with Gasteiger partial charge in [-0.15, -0.1) is 0 Å². The van der Waals surface area contributed by atoms with Crippen molar-refractivity contribution in [2.75, 3.05) is 13.7 Å². The number of aliphatic hydroxyl groups excluding tert-OH is 1. The molecule has 0 aromatic carbocycles. The third-order valence-corrected chi connectivity index (χ3v) is 5.28. The third-order valence-electron chi connectivity index (χ3n) is 5.28. The fourth-order valence-electron chi connectivity index (χ4n) is 3.23. The number of ether oxygens (including phenoxy) is 1. The van der Waals surface area contributed by atoms with Gasteiger partial charge in [-0.2, -0.15) is 0 Å². The zero-order valence-corrected chi connectivity index (χ0v) is 13.5. The molecule has 1 fully saturated rings. The summed E-state index contributed by atoms with van der Waals surface area (Å²) in [6, 6.07) is 0. The Kier molecular flexibility index (Phi) is 6.82. The Morgan fingerprint density at radius 3 is 2.37 bits per heavy atom. The SMILES string of the molecule is CCCCC1CCC(CO)(CCC(C)(C)OC)CC1. The van der Waals surface area contributed by atoms with Gasteiger partial charge in [-0.3, -0.25) is 0 Å². The second-order valence-electron chi connectivity index (χ2n) is 7.21. The van der Waals surface area contributed by atoms with Crippen molar-refractivity contribution in [1.29, 1.82) is 0 Å². The van der Waals surface area contributed by atoms with Gasteiger partial charge in [-0.05, 0) is 63.7 Å². The molecule has 1 N–H and O–H groups in total. The van der Waals surface area contributed by atoms with Gasteiger partial charge in [0.2, 0.25) is 0 Å². The Balaban J connectivity index is 2.42. The molecule has 0 aliphatic heterocycles. The van der Waals surface area contributed by atoms with Gasteiger partial charge in [-0.1, -0.05) is 26.2 Å². The summed E-state index contributed by atoms with van der Waals surface area (Å²) in [5.41, 5.74) is 0.125. The number of unbranched alkanes of at least 4 members (excludes halogenated alkanes) is 1. The molecule has 0 aromatic heterocycles. The van der Waals surface area contributed by atoms with Gasteiger partial charge < -0.3 is 9.84 Å². The first-order valence-electron chi connectivity index (χ1n) is 8.13. The van der Waals surface area contributed by atoms with E-state index >= 15 is 0 Å². The average Bonchev–Trinajstić information content (AvgIpc) is 2.44. The molecule has 0 bridgehead atoms. The van der Waals surface area contributed by atoms with E-state index < -0.39 is 0 Å². The Bertz CT molecular complexity index is 240. The van der Waals surface area contributed by atoms with Crippen LogP contribution >= 0.6 is 0 Å². The van der Waals surface area contributed by atoms with Gasteiger partial charge in [0.25, 0.3) is 0 Å². The van der Waals surface area contributed by atoms with E-state index in [2.05, 4.69) is 20.8 Å². The lowest BCUT2D eigenvalue weighted by Gasteiger charge is -2.40. The summed E-state index contributed by atoms with van der Waals surface area (Å²) < 4.78 is 5.51. The van der Waals surface area contributed by atoms with E-state index in [9.17, 15) is 5.11 Å². The van der Waals surface area contributed by atoms with E-state index in [4.69, 9.17) is 4.74 Å². The monoisotopic (exact) mass is 270 g/mol. The van der Waals surface area contributed by atoms with Gasteiger partial charge in [0.05, 0.1) is 5.60 Å². The number of methoxy groups -OCH3 is 1. The second kappa shape index (κ2) is 7.64. The van der Waals surface area contributed by atoms with E-state index in [-0.39, 0.29) is 11.0 Å². The Morgan fingerprint density at radius 1 is 1.26 bits per heavy atom. The van der Waals surface area contributed by atoms with Crippen molar-refractivity contribution in [3.05, 3.63) is 0 Å². The minimum atomic E-state index is -0.0543. The molecule has 0 radical (unpaired) electrons. The lowest BCUT2D eigenvalue weighted by Crippen LogP contribution is -2.34. The predicted octanol–water partition coefficient (Wildman–Crippen LogP) is 4.55. The number of rotatable bonds is 8. The van der Waals surface area contributed by atoms with E-state index in [0.717, 1.165) is 18.8 Å². The van der Waals surface area contributed by atoms with Gasteiger partial charge in [0.1, 0.15) is 0 Å². The molecule has 1 rings (SSSR count). The summed E-state index contributed by atoms with van der Waals surface area (Å²) in [4.78, 5) is 0. The van der Waals surface area contributed by atoms with Crippen LogP contribution in [0.1, 0.15) is 78.6 Å². The molecule has 0 heterocycles. The molecule has 0 amide bonds. The van der Waals surface area contributed by atoms with E-state index in [1.165, 1.54) is 44.9 Å². The highest BCUT2D eigenvalue weighted by atomic mass is 16.5. The molecule has 0 atom stereocenters. The van der Waals surface area contributed by atoms with Crippen LogP contribution < -0.4 is 0 Å². The molecule has 1 aliphatic rings. The predicted molar refractivity (Wildman–Crippen MR) is 81.3 cm³/mol. The van der Waals surface area contributed by atoms with Crippen LogP contribution in [0.3, 0.4) is 0 Å². The molecule has 1 aliphatic carbocycles.